The lowest BCUT2D eigenvalue weighted by Crippen LogP contribution is -1.96. The summed E-state index contributed by atoms with van der Waals surface area (Å²) in [5.41, 5.74) is 0.851. The highest BCUT2D eigenvalue weighted by molar-refractivity contribution is 5.89. The van der Waals surface area contributed by atoms with Crippen molar-refractivity contribution in [3.8, 4) is 11.4 Å². The van der Waals surface area contributed by atoms with Gasteiger partial charge in [-0.25, -0.2) is 4.79 Å². The molecule has 0 saturated heterocycles. The van der Waals surface area contributed by atoms with Gasteiger partial charge in [0.05, 0.1) is 5.56 Å². The minimum absolute atomic E-state index is 0.209. The molecule has 0 spiro atoms. The fraction of sp³-hybridized carbons (Fsp3) is 0.182. The molecule has 16 heavy (non-hydrogen) atoms. The number of carboxylic acid groups (broad SMARTS) is 1. The maximum absolute atomic E-state index is 10.8. The molecule has 82 valence electrons. The smallest absolute Gasteiger partial charge is 0.335 e. The van der Waals surface area contributed by atoms with Gasteiger partial charge in [-0.2, -0.15) is 4.98 Å². The molecule has 0 bridgehead atoms. The summed E-state index contributed by atoms with van der Waals surface area (Å²) < 4.78 is 4.96. The quantitative estimate of drug-likeness (QED) is 0.852. The van der Waals surface area contributed by atoms with Crippen LogP contribution in [0.4, 0.5) is 0 Å². The highest BCUT2D eigenvalue weighted by Crippen LogP contribution is 2.17. The van der Waals surface area contributed by atoms with Gasteiger partial charge in [0, 0.05) is 12.0 Å². The van der Waals surface area contributed by atoms with Gasteiger partial charge in [-0.3, -0.25) is 0 Å². The first-order valence-corrected chi connectivity index (χ1v) is 4.87. The molecule has 1 aromatic heterocycles. The Kier molecular flexibility index (Phi) is 2.68. The Morgan fingerprint density at radius 1 is 1.50 bits per heavy atom. The molecule has 0 fully saturated rings. The van der Waals surface area contributed by atoms with Crippen molar-refractivity contribution in [2.24, 2.45) is 0 Å². The molecule has 0 radical (unpaired) electrons. The number of aromatic carboxylic acids is 1. The molecular weight excluding hydrogens is 208 g/mol. The van der Waals surface area contributed by atoms with Crippen LogP contribution in [-0.2, 0) is 6.42 Å². The van der Waals surface area contributed by atoms with Crippen LogP contribution in [0.15, 0.2) is 28.8 Å². The molecule has 2 aromatic rings. The van der Waals surface area contributed by atoms with E-state index in [2.05, 4.69) is 10.1 Å². The molecular formula is C11H10N2O3. The molecule has 1 heterocycles. The van der Waals surface area contributed by atoms with Crippen molar-refractivity contribution in [3.63, 3.8) is 0 Å². The van der Waals surface area contributed by atoms with Crippen molar-refractivity contribution in [2.45, 2.75) is 13.3 Å². The number of benzene rings is 1. The van der Waals surface area contributed by atoms with Crippen molar-refractivity contribution >= 4 is 5.97 Å². The van der Waals surface area contributed by atoms with Gasteiger partial charge in [0.15, 0.2) is 0 Å². The largest absolute Gasteiger partial charge is 0.478 e. The summed E-state index contributed by atoms with van der Waals surface area (Å²) in [4.78, 5) is 14.9. The summed E-state index contributed by atoms with van der Waals surface area (Å²) in [6, 6.07) is 6.44. The summed E-state index contributed by atoms with van der Waals surface area (Å²) in [6.07, 6.45) is 0.658. The molecule has 0 aliphatic rings. The summed E-state index contributed by atoms with van der Waals surface area (Å²) in [7, 11) is 0. The normalized spacial score (nSPS) is 10.3. The van der Waals surface area contributed by atoms with Crippen LogP contribution in [0.1, 0.15) is 23.2 Å². The van der Waals surface area contributed by atoms with Gasteiger partial charge in [0.1, 0.15) is 0 Å². The Bertz CT molecular complexity index is 519. The predicted octanol–water partition coefficient (Wildman–Crippen LogP) is 2.00. The van der Waals surface area contributed by atoms with Gasteiger partial charge in [0.2, 0.25) is 11.7 Å². The molecule has 1 N–H and O–H groups in total. The van der Waals surface area contributed by atoms with Crippen LogP contribution in [-0.4, -0.2) is 21.2 Å². The number of aryl methyl sites for hydroxylation is 1. The standard InChI is InChI=1S/C11H10N2O3/c1-2-9-12-10(13-16-9)7-4-3-5-8(6-7)11(14)15/h3-6H,2H2,1H3,(H,14,15). The average molecular weight is 218 g/mol. The molecule has 2 rings (SSSR count). The van der Waals surface area contributed by atoms with Crippen LogP contribution in [0, 0.1) is 0 Å². The zero-order valence-corrected chi connectivity index (χ0v) is 8.67. The van der Waals surface area contributed by atoms with Crippen LogP contribution >= 0.6 is 0 Å². The van der Waals surface area contributed by atoms with Crippen LogP contribution in [0.3, 0.4) is 0 Å². The van der Waals surface area contributed by atoms with E-state index in [1.165, 1.54) is 12.1 Å². The Hall–Kier alpha value is -2.17. The van der Waals surface area contributed by atoms with Crippen molar-refractivity contribution in [3.05, 3.63) is 35.7 Å². The van der Waals surface area contributed by atoms with Gasteiger partial charge in [-0.1, -0.05) is 24.2 Å². The molecule has 0 saturated carbocycles. The summed E-state index contributed by atoms with van der Waals surface area (Å²) >= 11 is 0. The third-order valence-corrected chi connectivity index (χ3v) is 2.14. The highest BCUT2D eigenvalue weighted by atomic mass is 16.5. The van der Waals surface area contributed by atoms with Gasteiger partial charge >= 0.3 is 5.97 Å². The third-order valence-electron chi connectivity index (χ3n) is 2.14. The van der Waals surface area contributed by atoms with Crippen LogP contribution in [0.25, 0.3) is 11.4 Å². The fourth-order valence-electron chi connectivity index (χ4n) is 1.31. The van der Waals surface area contributed by atoms with E-state index in [9.17, 15) is 4.79 Å². The Morgan fingerprint density at radius 2 is 2.31 bits per heavy atom. The Balaban J connectivity index is 2.40. The summed E-state index contributed by atoms with van der Waals surface area (Å²) in [6.45, 7) is 1.91. The van der Waals surface area contributed by atoms with Crippen molar-refractivity contribution < 1.29 is 14.4 Å². The molecule has 0 unspecified atom stereocenters. The first-order chi connectivity index (χ1) is 7.70. The van der Waals surface area contributed by atoms with Gasteiger partial charge in [-0.05, 0) is 12.1 Å². The van der Waals surface area contributed by atoms with E-state index in [4.69, 9.17) is 9.63 Å². The highest BCUT2D eigenvalue weighted by Gasteiger charge is 2.09. The second kappa shape index (κ2) is 4.14. The van der Waals surface area contributed by atoms with E-state index in [1.807, 2.05) is 6.92 Å². The van der Waals surface area contributed by atoms with Gasteiger partial charge < -0.3 is 9.63 Å². The Morgan fingerprint density at radius 3 is 2.94 bits per heavy atom. The zero-order valence-electron chi connectivity index (χ0n) is 8.67. The number of carbonyl (C=O) groups is 1. The molecule has 5 nitrogen and oxygen atoms in total. The summed E-state index contributed by atoms with van der Waals surface area (Å²) in [5.74, 6) is -0.0169. The first-order valence-electron chi connectivity index (χ1n) is 4.87. The van der Waals surface area contributed by atoms with E-state index in [0.29, 0.717) is 23.7 Å². The zero-order chi connectivity index (χ0) is 11.5. The molecule has 1 aromatic carbocycles. The van der Waals surface area contributed by atoms with E-state index in [1.54, 1.807) is 12.1 Å². The average Bonchev–Trinajstić information content (AvgIpc) is 2.77. The lowest BCUT2D eigenvalue weighted by atomic mass is 10.1. The van der Waals surface area contributed by atoms with E-state index in [-0.39, 0.29) is 5.56 Å². The fourth-order valence-corrected chi connectivity index (χ4v) is 1.31. The first kappa shape index (κ1) is 10.4. The molecule has 5 heteroatoms. The number of hydrogen-bond acceptors (Lipinski definition) is 4. The van der Waals surface area contributed by atoms with E-state index < -0.39 is 5.97 Å². The number of rotatable bonds is 3. The molecule has 0 atom stereocenters. The number of carboxylic acids is 1. The van der Waals surface area contributed by atoms with E-state index >= 15 is 0 Å². The maximum atomic E-state index is 10.8. The minimum atomic E-state index is -0.971. The Labute approximate surface area is 91.7 Å². The van der Waals surface area contributed by atoms with Gasteiger partial charge in [-0.15, -0.1) is 0 Å². The molecule has 0 aliphatic heterocycles. The topological polar surface area (TPSA) is 76.2 Å². The minimum Gasteiger partial charge on any atom is -0.478 e. The SMILES string of the molecule is CCc1nc(-c2cccc(C(=O)O)c2)no1. The number of nitrogens with zero attached hydrogens (tertiary/aromatic N) is 2. The second-order valence-corrected chi connectivity index (χ2v) is 3.25. The molecule has 0 aliphatic carbocycles. The summed E-state index contributed by atoms with van der Waals surface area (Å²) in [5, 5.41) is 12.6. The third kappa shape index (κ3) is 1.93. The van der Waals surface area contributed by atoms with Crippen molar-refractivity contribution in [1.82, 2.24) is 10.1 Å². The van der Waals surface area contributed by atoms with Gasteiger partial charge in [0.25, 0.3) is 0 Å². The lowest BCUT2D eigenvalue weighted by molar-refractivity contribution is 0.0697. The molecule has 0 amide bonds. The van der Waals surface area contributed by atoms with Crippen LogP contribution in [0.2, 0.25) is 0 Å². The maximum Gasteiger partial charge on any atom is 0.335 e. The van der Waals surface area contributed by atoms with Crippen LogP contribution < -0.4 is 0 Å². The van der Waals surface area contributed by atoms with E-state index in [0.717, 1.165) is 0 Å². The predicted molar refractivity (Wildman–Crippen MR) is 56.1 cm³/mol. The van der Waals surface area contributed by atoms with Crippen molar-refractivity contribution in [1.29, 1.82) is 0 Å². The number of hydrogen-bond donors (Lipinski definition) is 1. The lowest BCUT2D eigenvalue weighted by Gasteiger charge is -1.96. The second-order valence-electron chi connectivity index (χ2n) is 3.25. The number of aromatic nitrogens is 2. The van der Waals surface area contributed by atoms with Crippen LogP contribution in [0.5, 0.6) is 0 Å². The van der Waals surface area contributed by atoms with Crippen molar-refractivity contribution in [2.75, 3.05) is 0 Å². The monoisotopic (exact) mass is 218 g/mol.